The van der Waals surface area contributed by atoms with Crippen molar-refractivity contribution >= 4 is 38.9 Å². The van der Waals surface area contributed by atoms with Crippen molar-refractivity contribution in [2.24, 2.45) is 0 Å². The van der Waals surface area contributed by atoms with Crippen LogP contribution in [0.15, 0.2) is 109 Å². The molecule has 42 heavy (non-hydrogen) atoms. The molecule has 2 heterocycles. The number of fused-ring (bicyclic) bond motifs is 2. The van der Waals surface area contributed by atoms with Crippen LogP contribution < -0.4 is 10.2 Å². The number of rotatable bonds is 12. The third-order valence-electron chi connectivity index (χ3n) is 8.25. The van der Waals surface area contributed by atoms with Gasteiger partial charge in [0.2, 0.25) is 0 Å². The van der Waals surface area contributed by atoms with Crippen molar-refractivity contribution in [2.75, 3.05) is 62.6 Å². The number of aromatic nitrogens is 1. The van der Waals surface area contributed by atoms with E-state index in [0.29, 0.717) is 0 Å². The molecule has 5 heteroatoms. The van der Waals surface area contributed by atoms with E-state index in [9.17, 15) is 0 Å². The number of nitrogens with zero attached hydrogens (tertiary/aromatic N) is 4. The summed E-state index contributed by atoms with van der Waals surface area (Å²) in [5.74, 6) is 0. The summed E-state index contributed by atoms with van der Waals surface area (Å²) < 4.78 is 0. The topological polar surface area (TPSA) is 34.6 Å². The van der Waals surface area contributed by atoms with Gasteiger partial charge in [-0.05, 0) is 68.8 Å². The molecule has 6 rings (SSSR count). The standard InChI is InChI=1S/C36H41N5.CH4/c1-3-14-30(15-4-1)41(31-16-5-2-6-17-31)25-13-24-40-28-26-39(27-29-40)23-12-11-22-37-36-32-18-7-9-20-34(32)38-35-21-10-8-19-33(35)36;/h1-10,14-21H,11-13,22-29H2,(H,37,38);1H4. The SMILES string of the molecule is C.c1ccc(N(CCCN2CCN(CCCCNc3c4ccccc4nc4ccccc34)CC2)c2ccccc2)cc1. The fraction of sp³-hybridized carbons (Fsp3) is 0.324. The summed E-state index contributed by atoms with van der Waals surface area (Å²) in [6.45, 7) is 9.04. The van der Waals surface area contributed by atoms with Gasteiger partial charge in [0.25, 0.3) is 0 Å². The second-order valence-electron chi connectivity index (χ2n) is 11.0. The van der Waals surface area contributed by atoms with E-state index in [1.807, 2.05) is 0 Å². The van der Waals surface area contributed by atoms with Gasteiger partial charge in [0, 0.05) is 61.4 Å². The number of piperazine rings is 1. The molecule has 0 spiro atoms. The van der Waals surface area contributed by atoms with Crippen LogP contribution in [0.1, 0.15) is 26.7 Å². The lowest BCUT2D eigenvalue weighted by Crippen LogP contribution is -2.47. The first kappa shape index (κ1) is 29.6. The maximum atomic E-state index is 4.85. The molecule has 1 aliphatic rings. The third-order valence-corrected chi connectivity index (χ3v) is 8.25. The van der Waals surface area contributed by atoms with Crippen LogP contribution >= 0.6 is 0 Å². The molecule has 0 bridgehead atoms. The molecular weight excluding hydrogens is 514 g/mol. The van der Waals surface area contributed by atoms with Gasteiger partial charge in [-0.2, -0.15) is 0 Å². The summed E-state index contributed by atoms with van der Waals surface area (Å²) in [7, 11) is 0. The predicted octanol–water partition coefficient (Wildman–Crippen LogP) is 8.06. The zero-order valence-corrected chi connectivity index (χ0v) is 24.0. The number of pyridine rings is 1. The molecule has 1 N–H and O–H groups in total. The summed E-state index contributed by atoms with van der Waals surface area (Å²) in [6.07, 6.45) is 3.55. The Balaban J connectivity index is 0.00000353. The molecule has 5 nitrogen and oxygen atoms in total. The highest BCUT2D eigenvalue weighted by molar-refractivity contribution is 6.07. The van der Waals surface area contributed by atoms with Gasteiger partial charge in [-0.1, -0.05) is 80.2 Å². The van der Waals surface area contributed by atoms with Crippen LogP contribution in [0.5, 0.6) is 0 Å². The van der Waals surface area contributed by atoms with E-state index in [4.69, 9.17) is 4.98 Å². The molecule has 1 aromatic heterocycles. The lowest BCUT2D eigenvalue weighted by Gasteiger charge is -2.35. The quantitative estimate of drug-likeness (QED) is 0.124. The van der Waals surface area contributed by atoms with Crippen LogP contribution in [0.25, 0.3) is 21.8 Å². The lowest BCUT2D eigenvalue weighted by molar-refractivity contribution is 0.130. The fourth-order valence-electron chi connectivity index (χ4n) is 6.02. The number of nitrogens with one attached hydrogen (secondary N) is 1. The summed E-state index contributed by atoms with van der Waals surface area (Å²) in [6, 6.07) is 38.4. The zero-order chi connectivity index (χ0) is 27.7. The third kappa shape index (κ3) is 7.28. The number of para-hydroxylation sites is 4. The van der Waals surface area contributed by atoms with Gasteiger partial charge in [0.1, 0.15) is 0 Å². The number of anilines is 3. The van der Waals surface area contributed by atoms with E-state index in [1.54, 1.807) is 0 Å². The molecule has 0 aliphatic carbocycles. The molecule has 0 atom stereocenters. The van der Waals surface area contributed by atoms with E-state index < -0.39 is 0 Å². The van der Waals surface area contributed by atoms with Gasteiger partial charge < -0.3 is 20.0 Å². The first-order valence-corrected chi connectivity index (χ1v) is 15.2. The number of hydrogen-bond donors (Lipinski definition) is 1. The average Bonchev–Trinajstić information content (AvgIpc) is 3.04. The number of hydrogen-bond acceptors (Lipinski definition) is 5. The Bertz CT molecular complexity index is 1420. The van der Waals surface area contributed by atoms with E-state index in [2.05, 4.69) is 129 Å². The second-order valence-corrected chi connectivity index (χ2v) is 11.0. The minimum atomic E-state index is 0. The van der Waals surface area contributed by atoms with Crippen LogP contribution in [-0.2, 0) is 0 Å². The summed E-state index contributed by atoms with van der Waals surface area (Å²) in [5.41, 5.74) is 5.86. The first-order valence-electron chi connectivity index (χ1n) is 15.2. The number of unbranched alkanes of at least 4 members (excludes halogenated alkanes) is 1. The zero-order valence-electron chi connectivity index (χ0n) is 24.0. The Morgan fingerprint density at radius 2 is 1.05 bits per heavy atom. The smallest absolute Gasteiger partial charge is 0.0730 e. The van der Waals surface area contributed by atoms with E-state index >= 15 is 0 Å². The number of benzene rings is 4. The average molecular weight is 560 g/mol. The van der Waals surface area contributed by atoms with Gasteiger partial charge in [0.05, 0.1) is 16.7 Å². The molecule has 0 radical (unpaired) electrons. The molecule has 1 fully saturated rings. The van der Waals surface area contributed by atoms with Gasteiger partial charge in [0.15, 0.2) is 0 Å². The van der Waals surface area contributed by atoms with Crippen molar-refractivity contribution in [1.29, 1.82) is 0 Å². The van der Waals surface area contributed by atoms with Crippen molar-refractivity contribution in [3.63, 3.8) is 0 Å². The molecular formula is C37H45N5. The molecule has 0 saturated carbocycles. The molecule has 0 amide bonds. The Hall–Kier alpha value is -3.93. The van der Waals surface area contributed by atoms with Crippen molar-refractivity contribution in [2.45, 2.75) is 26.7 Å². The largest absolute Gasteiger partial charge is 0.384 e. The summed E-state index contributed by atoms with van der Waals surface area (Å²) >= 11 is 0. The fourth-order valence-corrected chi connectivity index (χ4v) is 6.02. The maximum absolute atomic E-state index is 4.85. The Morgan fingerprint density at radius 1 is 0.571 bits per heavy atom. The predicted molar refractivity (Wildman–Crippen MR) is 181 cm³/mol. The van der Waals surface area contributed by atoms with Gasteiger partial charge in [-0.25, -0.2) is 4.98 Å². The maximum Gasteiger partial charge on any atom is 0.0730 e. The van der Waals surface area contributed by atoms with Crippen LogP contribution in [0.3, 0.4) is 0 Å². The highest BCUT2D eigenvalue weighted by Crippen LogP contribution is 2.30. The van der Waals surface area contributed by atoms with Crippen molar-refractivity contribution in [3.8, 4) is 0 Å². The Morgan fingerprint density at radius 3 is 1.60 bits per heavy atom. The lowest BCUT2D eigenvalue weighted by atomic mass is 10.1. The molecule has 0 unspecified atom stereocenters. The van der Waals surface area contributed by atoms with Crippen molar-refractivity contribution in [3.05, 3.63) is 109 Å². The summed E-state index contributed by atoms with van der Waals surface area (Å²) in [4.78, 5) is 12.6. The van der Waals surface area contributed by atoms with Crippen LogP contribution in [0.2, 0.25) is 0 Å². The Kier molecular flexibility index (Phi) is 10.4. The molecule has 4 aromatic carbocycles. The van der Waals surface area contributed by atoms with Gasteiger partial charge >= 0.3 is 0 Å². The highest BCUT2D eigenvalue weighted by atomic mass is 15.3. The van der Waals surface area contributed by atoms with E-state index in [1.165, 1.54) is 73.4 Å². The first-order chi connectivity index (χ1) is 20.3. The van der Waals surface area contributed by atoms with Crippen LogP contribution in [0, 0.1) is 0 Å². The molecule has 218 valence electrons. The van der Waals surface area contributed by atoms with Gasteiger partial charge in [-0.15, -0.1) is 0 Å². The molecule has 5 aromatic rings. The molecule has 1 aliphatic heterocycles. The molecule has 1 saturated heterocycles. The normalized spacial score (nSPS) is 14.1. The minimum Gasteiger partial charge on any atom is -0.384 e. The van der Waals surface area contributed by atoms with Crippen LogP contribution in [0.4, 0.5) is 17.1 Å². The van der Waals surface area contributed by atoms with E-state index in [-0.39, 0.29) is 7.43 Å². The van der Waals surface area contributed by atoms with Crippen LogP contribution in [-0.4, -0.2) is 67.1 Å². The minimum absolute atomic E-state index is 0. The monoisotopic (exact) mass is 559 g/mol. The summed E-state index contributed by atoms with van der Waals surface area (Å²) in [5, 5.41) is 6.17. The Labute approximate surface area is 251 Å². The van der Waals surface area contributed by atoms with Gasteiger partial charge in [-0.3, -0.25) is 0 Å². The van der Waals surface area contributed by atoms with E-state index in [0.717, 1.165) is 37.1 Å². The second kappa shape index (κ2) is 14.8. The van der Waals surface area contributed by atoms with Crippen molar-refractivity contribution in [1.82, 2.24) is 14.8 Å². The highest BCUT2D eigenvalue weighted by Gasteiger charge is 2.17. The van der Waals surface area contributed by atoms with Crippen molar-refractivity contribution < 1.29 is 0 Å².